The Morgan fingerprint density at radius 1 is 0.842 bits per heavy atom. The lowest BCUT2D eigenvalue weighted by atomic mass is 9.99. The zero-order valence-corrected chi connectivity index (χ0v) is 14.2. The van der Waals surface area contributed by atoms with Crippen molar-refractivity contribution in [3.8, 4) is 0 Å². The Morgan fingerprint density at radius 2 is 1.26 bits per heavy atom. The topological polar surface area (TPSA) is 6.48 Å². The molecule has 0 saturated carbocycles. The number of hydrogen-bond acceptors (Lipinski definition) is 3. The van der Waals surface area contributed by atoms with Crippen LogP contribution >= 0.6 is 12.6 Å². The number of rotatable bonds is 3. The van der Waals surface area contributed by atoms with Gasteiger partial charge < -0.3 is 9.80 Å². The van der Waals surface area contributed by atoms with E-state index in [0.29, 0.717) is 0 Å². The standard InChI is InChI=1S/C8H17NS.C8H17N/c1-8-2-4-9(5-3-8)6-7-10;1-3-9-6-4-8(2)5-7-9/h8,10H,2-7H2,1H3;8H,3-7H2,1-2H3. The third-order valence-electron chi connectivity index (χ3n) is 4.62. The van der Waals surface area contributed by atoms with Crippen LogP contribution in [0.15, 0.2) is 0 Å². The second-order valence-corrected chi connectivity index (χ2v) is 6.81. The van der Waals surface area contributed by atoms with Crippen LogP contribution in [0.1, 0.15) is 46.5 Å². The second-order valence-electron chi connectivity index (χ2n) is 6.36. The summed E-state index contributed by atoms with van der Waals surface area (Å²) in [5.41, 5.74) is 0. The summed E-state index contributed by atoms with van der Waals surface area (Å²) < 4.78 is 0. The molecule has 0 aromatic rings. The van der Waals surface area contributed by atoms with Gasteiger partial charge in [-0.1, -0.05) is 20.8 Å². The number of piperidine rings is 2. The molecular formula is C16H34N2S. The van der Waals surface area contributed by atoms with Crippen molar-refractivity contribution in [3.05, 3.63) is 0 Å². The summed E-state index contributed by atoms with van der Waals surface area (Å²) in [5, 5.41) is 0. The van der Waals surface area contributed by atoms with E-state index >= 15 is 0 Å². The number of hydrogen-bond donors (Lipinski definition) is 1. The lowest BCUT2D eigenvalue weighted by Gasteiger charge is -2.29. The molecule has 0 aliphatic carbocycles. The Labute approximate surface area is 126 Å². The Kier molecular flexibility index (Phi) is 9.17. The van der Waals surface area contributed by atoms with Crippen LogP contribution in [0, 0.1) is 11.8 Å². The summed E-state index contributed by atoms with van der Waals surface area (Å²) in [5.74, 6) is 2.94. The molecule has 2 heterocycles. The Bertz CT molecular complexity index is 207. The molecule has 2 rings (SSSR count). The minimum Gasteiger partial charge on any atom is -0.304 e. The molecule has 0 bridgehead atoms. The first-order chi connectivity index (χ1) is 9.15. The molecule has 0 radical (unpaired) electrons. The molecule has 2 fully saturated rings. The van der Waals surface area contributed by atoms with E-state index in [2.05, 4.69) is 43.2 Å². The van der Waals surface area contributed by atoms with Gasteiger partial charge >= 0.3 is 0 Å². The van der Waals surface area contributed by atoms with E-state index in [1.54, 1.807) is 0 Å². The van der Waals surface area contributed by atoms with Crippen LogP contribution in [0.4, 0.5) is 0 Å². The molecule has 0 aromatic heterocycles. The van der Waals surface area contributed by atoms with E-state index in [9.17, 15) is 0 Å². The number of likely N-dealkylation sites (tertiary alicyclic amines) is 2. The molecule has 2 nitrogen and oxygen atoms in total. The molecule has 0 spiro atoms. The predicted octanol–water partition coefficient (Wildman–Crippen LogP) is 3.39. The molecule has 2 saturated heterocycles. The third-order valence-corrected chi connectivity index (χ3v) is 4.82. The number of thiol groups is 1. The van der Waals surface area contributed by atoms with Gasteiger partial charge in [-0.2, -0.15) is 12.6 Å². The fourth-order valence-corrected chi connectivity index (χ4v) is 3.09. The normalized spacial score (nSPS) is 24.0. The first-order valence-corrected chi connectivity index (χ1v) is 8.84. The van der Waals surface area contributed by atoms with Gasteiger partial charge in [0.2, 0.25) is 0 Å². The van der Waals surface area contributed by atoms with Gasteiger partial charge in [-0.3, -0.25) is 0 Å². The maximum absolute atomic E-state index is 4.21. The molecular weight excluding hydrogens is 252 g/mol. The second kappa shape index (κ2) is 10.1. The quantitative estimate of drug-likeness (QED) is 0.795. The summed E-state index contributed by atoms with van der Waals surface area (Å²) >= 11 is 4.21. The van der Waals surface area contributed by atoms with Gasteiger partial charge in [0, 0.05) is 12.3 Å². The van der Waals surface area contributed by atoms with Crippen LogP contribution in [0.2, 0.25) is 0 Å². The van der Waals surface area contributed by atoms with E-state index in [-0.39, 0.29) is 0 Å². The maximum Gasteiger partial charge on any atom is 0.00698 e. The summed E-state index contributed by atoms with van der Waals surface area (Å²) in [6, 6.07) is 0. The van der Waals surface area contributed by atoms with E-state index < -0.39 is 0 Å². The molecule has 2 aliphatic rings. The number of nitrogens with zero attached hydrogens (tertiary/aromatic N) is 2. The van der Waals surface area contributed by atoms with Crippen molar-refractivity contribution in [1.29, 1.82) is 0 Å². The van der Waals surface area contributed by atoms with Crippen molar-refractivity contribution >= 4 is 12.6 Å². The predicted molar refractivity (Wildman–Crippen MR) is 89.2 cm³/mol. The molecule has 114 valence electrons. The Balaban J connectivity index is 0.000000191. The van der Waals surface area contributed by atoms with Crippen molar-refractivity contribution < 1.29 is 0 Å². The monoisotopic (exact) mass is 286 g/mol. The van der Waals surface area contributed by atoms with Crippen LogP contribution in [0.3, 0.4) is 0 Å². The lowest BCUT2D eigenvalue weighted by Crippen LogP contribution is -2.34. The van der Waals surface area contributed by atoms with Crippen LogP contribution in [0.25, 0.3) is 0 Å². The summed E-state index contributed by atoms with van der Waals surface area (Å²) in [7, 11) is 0. The smallest absolute Gasteiger partial charge is 0.00698 e. The Hall–Kier alpha value is 0.270. The van der Waals surface area contributed by atoms with Gasteiger partial charge in [-0.15, -0.1) is 0 Å². The van der Waals surface area contributed by atoms with E-state index in [4.69, 9.17) is 0 Å². The first-order valence-electron chi connectivity index (χ1n) is 8.21. The fourth-order valence-electron chi connectivity index (χ4n) is 2.81. The minimum atomic E-state index is 0.955. The van der Waals surface area contributed by atoms with Gasteiger partial charge in [0.25, 0.3) is 0 Å². The van der Waals surface area contributed by atoms with E-state index in [1.165, 1.54) is 65.0 Å². The summed E-state index contributed by atoms with van der Waals surface area (Å²) in [6.07, 6.45) is 5.59. The van der Waals surface area contributed by atoms with Crippen LogP contribution < -0.4 is 0 Å². The maximum atomic E-state index is 4.21. The average Bonchev–Trinajstić information content (AvgIpc) is 2.43. The van der Waals surface area contributed by atoms with Crippen molar-refractivity contribution in [2.45, 2.75) is 46.5 Å². The van der Waals surface area contributed by atoms with Crippen molar-refractivity contribution in [1.82, 2.24) is 9.80 Å². The highest BCUT2D eigenvalue weighted by atomic mass is 32.1. The lowest BCUT2D eigenvalue weighted by molar-refractivity contribution is 0.201. The highest BCUT2D eigenvalue weighted by Gasteiger charge is 2.14. The van der Waals surface area contributed by atoms with Gasteiger partial charge in [-0.05, 0) is 70.2 Å². The van der Waals surface area contributed by atoms with E-state index in [0.717, 1.165) is 17.6 Å². The fraction of sp³-hybridized carbons (Fsp3) is 1.00. The minimum absolute atomic E-state index is 0.955. The molecule has 0 N–H and O–H groups in total. The summed E-state index contributed by atoms with van der Waals surface area (Å²) in [4.78, 5) is 5.03. The van der Waals surface area contributed by atoms with E-state index in [1.807, 2.05) is 0 Å². The zero-order chi connectivity index (χ0) is 14.1. The van der Waals surface area contributed by atoms with Crippen LogP contribution in [-0.4, -0.2) is 54.8 Å². The molecule has 0 atom stereocenters. The third kappa shape index (κ3) is 7.57. The molecule has 2 aliphatic heterocycles. The molecule has 19 heavy (non-hydrogen) atoms. The van der Waals surface area contributed by atoms with Gasteiger partial charge in [0.15, 0.2) is 0 Å². The van der Waals surface area contributed by atoms with Gasteiger partial charge in [-0.25, -0.2) is 0 Å². The average molecular weight is 287 g/mol. The van der Waals surface area contributed by atoms with Crippen molar-refractivity contribution in [2.75, 3.05) is 45.0 Å². The summed E-state index contributed by atoms with van der Waals surface area (Å²) in [6.45, 7) is 14.6. The van der Waals surface area contributed by atoms with Gasteiger partial charge in [0.05, 0.1) is 0 Å². The molecule has 0 amide bonds. The Morgan fingerprint density at radius 3 is 1.63 bits per heavy atom. The SMILES string of the molecule is CC1CCN(CCS)CC1.CCN1CCC(C)CC1. The first kappa shape index (κ1) is 17.3. The van der Waals surface area contributed by atoms with Crippen LogP contribution in [-0.2, 0) is 0 Å². The van der Waals surface area contributed by atoms with Crippen molar-refractivity contribution in [2.24, 2.45) is 11.8 Å². The zero-order valence-electron chi connectivity index (χ0n) is 13.3. The molecule has 0 unspecified atom stereocenters. The van der Waals surface area contributed by atoms with Crippen molar-refractivity contribution in [3.63, 3.8) is 0 Å². The largest absolute Gasteiger partial charge is 0.304 e. The molecule has 3 heteroatoms. The van der Waals surface area contributed by atoms with Crippen LogP contribution in [0.5, 0.6) is 0 Å². The van der Waals surface area contributed by atoms with Gasteiger partial charge in [0.1, 0.15) is 0 Å². The highest BCUT2D eigenvalue weighted by Crippen LogP contribution is 2.15. The molecule has 0 aromatic carbocycles. The highest BCUT2D eigenvalue weighted by molar-refractivity contribution is 7.80.